The fourth-order valence-electron chi connectivity index (χ4n) is 1.76. The van der Waals surface area contributed by atoms with E-state index in [2.05, 4.69) is 5.32 Å². The number of benzene rings is 1. The van der Waals surface area contributed by atoms with Gasteiger partial charge in [0.2, 0.25) is 5.91 Å². The molecule has 1 atom stereocenters. The van der Waals surface area contributed by atoms with Crippen molar-refractivity contribution in [3.8, 4) is 5.75 Å². The van der Waals surface area contributed by atoms with Crippen LogP contribution >= 0.6 is 0 Å². The first-order valence-electron chi connectivity index (χ1n) is 5.77. The number of aryl methyl sites for hydroxylation is 2. The number of ether oxygens (including phenoxy) is 1. The molecule has 0 saturated heterocycles. The van der Waals surface area contributed by atoms with Crippen molar-refractivity contribution >= 4 is 5.91 Å². The number of nitrogens with one attached hydrogen (secondary N) is 1. The lowest BCUT2D eigenvalue weighted by Crippen LogP contribution is -2.42. The summed E-state index contributed by atoms with van der Waals surface area (Å²) in [6.07, 6.45) is 0. The lowest BCUT2D eigenvalue weighted by atomic mass is 10.0. The number of nitrogens with two attached hydrogens (primary N) is 1. The number of carbonyl (C=O) groups excluding carboxylic acids is 1. The summed E-state index contributed by atoms with van der Waals surface area (Å²) in [5.41, 5.74) is 8.49. The van der Waals surface area contributed by atoms with Crippen LogP contribution in [-0.2, 0) is 11.3 Å². The normalized spacial score (nSPS) is 12.1. The number of methoxy groups -OCH3 is 1. The van der Waals surface area contributed by atoms with Gasteiger partial charge in [-0.25, -0.2) is 0 Å². The van der Waals surface area contributed by atoms with Crippen molar-refractivity contribution in [1.29, 1.82) is 0 Å². The van der Waals surface area contributed by atoms with Crippen LogP contribution < -0.4 is 15.8 Å². The molecule has 0 aliphatic heterocycles. The maximum absolute atomic E-state index is 11.5. The summed E-state index contributed by atoms with van der Waals surface area (Å²) < 4.78 is 5.29. The Labute approximate surface area is 107 Å². The van der Waals surface area contributed by atoms with Crippen LogP contribution in [0.2, 0.25) is 0 Å². The fraction of sp³-hybridized carbons (Fsp3) is 0.462. The molecule has 1 amide bonds. The van der Waals surface area contributed by atoms with Gasteiger partial charge in [-0.1, -0.05) is 6.07 Å². The van der Waals surface area contributed by atoms with E-state index >= 15 is 0 Å². The van der Waals surface area contributed by atoms with E-state index in [4.69, 9.17) is 15.6 Å². The van der Waals surface area contributed by atoms with Gasteiger partial charge in [-0.05, 0) is 31.0 Å². The highest BCUT2D eigenvalue weighted by Gasteiger charge is 2.13. The van der Waals surface area contributed by atoms with Crippen LogP contribution in [0, 0.1) is 13.8 Å². The van der Waals surface area contributed by atoms with E-state index in [1.54, 1.807) is 7.11 Å². The molecule has 0 radical (unpaired) electrons. The number of aliphatic hydroxyl groups is 1. The summed E-state index contributed by atoms with van der Waals surface area (Å²) in [6, 6.07) is 3.05. The van der Waals surface area contributed by atoms with Crippen molar-refractivity contribution < 1.29 is 14.6 Å². The number of rotatable bonds is 5. The second-order valence-electron chi connectivity index (χ2n) is 4.27. The maximum atomic E-state index is 11.5. The third-order valence-electron chi connectivity index (χ3n) is 2.77. The average Bonchev–Trinajstić information content (AvgIpc) is 2.35. The zero-order valence-electron chi connectivity index (χ0n) is 11.0. The number of hydrogen-bond acceptors (Lipinski definition) is 4. The van der Waals surface area contributed by atoms with Crippen molar-refractivity contribution in [1.82, 2.24) is 5.32 Å². The second kappa shape index (κ2) is 6.37. The van der Waals surface area contributed by atoms with Gasteiger partial charge in [0.15, 0.2) is 0 Å². The lowest BCUT2D eigenvalue weighted by Gasteiger charge is -2.15. The Balaban J connectivity index is 2.81. The van der Waals surface area contributed by atoms with Crippen LogP contribution in [0.1, 0.15) is 16.7 Å². The molecule has 1 unspecified atom stereocenters. The van der Waals surface area contributed by atoms with Gasteiger partial charge in [-0.2, -0.15) is 0 Å². The van der Waals surface area contributed by atoms with Gasteiger partial charge in [-0.3, -0.25) is 4.79 Å². The van der Waals surface area contributed by atoms with Crippen molar-refractivity contribution in [3.05, 3.63) is 28.8 Å². The van der Waals surface area contributed by atoms with E-state index in [0.29, 0.717) is 6.54 Å². The molecule has 18 heavy (non-hydrogen) atoms. The molecule has 0 aromatic heterocycles. The summed E-state index contributed by atoms with van der Waals surface area (Å²) >= 11 is 0. The molecule has 0 spiro atoms. The predicted molar refractivity (Wildman–Crippen MR) is 69.4 cm³/mol. The molecule has 1 rings (SSSR count). The summed E-state index contributed by atoms with van der Waals surface area (Å²) in [6.45, 7) is 3.92. The topological polar surface area (TPSA) is 84.6 Å². The summed E-state index contributed by atoms with van der Waals surface area (Å²) in [5.74, 6) is 0.366. The highest BCUT2D eigenvalue weighted by atomic mass is 16.5. The van der Waals surface area contributed by atoms with Crippen molar-refractivity contribution in [2.75, 3.05) is 13.7 Å². The highest BCUT2D eigenvalue weighted by Crippen LogP contribution is 2.23. The molecule has 0 fully saturated rings. The molecular weight excluding hydrogens is 232 g/mol. The lowest BCUT2D eigenvalue weighted by molar-refractivity contribution is -0.123. The van der Waals surface area contributed by atoms with Crippen molar-refractivity contribution in [3.63, 3.8) is 0 Å². The molecule has 0 bridgehead atoms. The minimum atomic E-state index is -0.887. The molecule has 1 aromatic rings. The molecule has 5 heteroatoms. The third-order valence-corrected chi connectivity index (χ3v) is 2.77. The Kier molecular flexibility index (Phi) is 5.12. The van der Waals surface area contributed by atoms with Crippen LogP contribution in [0.25, 0.3) is 0 Å². The SMILES string of the molecule is COc1cc(C)cc(C)c1CNC(=O)C(N)CO. The van der Waals surface area contributed by atoms with E-state index in [9.17, 15) is 4.79 Å². The van der Waals surface area contributed by atoms with Gasteiger partial charge in [0.05, 0.1) is 13.7 Å². The Bertz CT molecular complexity index is 432. The van der Waals surface area contributed by atoms with Crippen LogP contribution in [0.3, 0.4) is 0 Å². The molecule has 1 aromatic carbocycles. The van der Waals surface area contributed by atoms with Gasteiger partial charge in [0.25, 0.3) is 0 Å². The fourth-order valence-corrected chi connectivity index (χ4v) is 1.76. The minimum absolute atomic E-state index is 0.335. The first kappa shape index (κ1) is 14.5. The van der Waals surface area contributed by atoms with Crippen LogP contribution in [-0.4, -0.2) is 30.8 Å². The van der Waals surface area contributed by atoms with E-state index in [1.807, 2.05) is 26.0 Å². The second-order valence-corrected chi connectivity index (χ2v) is 4.27. The van der Waals surface area contributed by atoms with Crippen LogP contribution in [0.5, 0.6) is 5.75 Å². The molecule has 0 aliphatic carbocycles. The molecular formula is C13H20N2O3. The first-order valence-corrected chi connectivity index (χ1v) is 5.77. The zero-order valence-corrected chi connectivity index (χ0v) is 11.0. The standard InChI is InChI=1S/C13H20N2O3/c1-8-4-9(2)10(12(5-8)18-3)6-15-13(17)11(14)7-16/h4-5,11,16H,6-7,14H2,1-3H3,(H,15,17). The van der Waals surface area contributed by atoms with Crippen LogP contribution in [0.15, 0.2) is 12.1 Å². The van der Waals surface area contributed by atoms with Crippen LogP contribution in [0.4, 0.5) is 0 Å². The molecule has 0 aliphatic rings. The number of amides is 1. The van der Waals surface area contributed by atoms with Gasteiger partial charge in [0, 0.05) is 12.1 Å². The van der Waals surface area contributed by atoms with Gasteiger partial charge < -0.3 is 20.9 Å². The van der Waals surface area contributed by atoms with E-state index in [1.165, 1.54) is 0 Å². The largest absolute Gasteiger partial charge is 0.496 e. The monoisotopic (exact) mass is 252 g/mol. The Morgan fingerprint density at radius 3 is 2.72 bits per heavy atom. The Morgan fingerprint density at radius 1 is 1.50 bits per heavy atom. The van der Waals surface area contributed by atoms with Crippen molar-refractivity contribution in [2.45, 2.75) is 26.4 Å². The zero-order chi connectivity index (χ0) is 13.7. The quantitative estimate of drug-likeness (QED) is 0.701. The summed E-state index contributed by atoms with van der Waals surface area (Å²) in [7, 11) is 1.60. The number of carbonyl (C=O) groups is 1. The number of aliphatic hydroxyl groups excluding tert-OH is 1. The highest BCUT2D eigenvalue weighted by molar-refractivity contribution is 5.81. The molecule has 4 N–H and O–H groups in total. The van der Waals surface area contributed by atoms with Gasteiger partial charge in [-0.15, -0.1) is 0 Å². The van der Waals surface area contributed by atoms with Gasteiger partial charge >= 0.3 is 0 Å². The summed E-state index contributed by atoms with van der Waals surface area (Å²) in [4.78, 5) is 11.5. The maximum Gasteiger partial charge on any atom is 0.239 e. The minimum Gasteiger partial charge on any atom is -0.496 e. The van der Waals surface area contributed by atoms with Gasteiger partial charge in [0.1, 0.15) is 11.8 Å². The Hall–Kier alpha value is -1.59. The van der Waals surface area contributed by atoms with E-state index < -0.39 is 6.04 Å². The first-order chi connectivity index (χ1) is 8.49. The van der Waals surface area contributed by atoms with Crippen molar-refractivity contribution in [2.24, 2.45) is 5.73 Å². The summed E-state index contributed by atoms with van der Waals surface area (Å²) in [5, 5.41) is 11.5. The third kappa shape index (κ3) is 3.45. The Morgan fingerprint density at radius 2 is 2.17 bits per heavy atom. The average molecular weight is 252 g/mol. The van der Waals surface area contributed by atoms with E-state index in [0.717, 1.165) is 22.4 Å². The molecule has 0 heterocycles. The predicted octanol–water partition coefficient (Wildman–Crippen LogP) is 0.248. The molecule has 5 nitrogen and oxygen atoms in total. The van der Waals surface area contributed by atoms with E-state index in [-0.39, 0.29) is 12.5 Å². The number of hydrogen-bond donors (Lipinski definition) is 3. The molecule has 100 valence electrons. The molecule has 0 saturated carbocycles. The smallest absolute Gasteiger partial charge is 0.239 e.